The highest BCUT2D eigenvalue weighted by Crippen LogP contribution is 2.23. The van der Waals surface area contributed by atoms with Gasteiger partial charge in [0.05, 0.1) is 23.2 Å². The number of pyridine rings is 1. The molecular formula is C21H21FN6O. The number of amides is 1. The van der Waals surface area contributed by atoms with Crippen molar-refractivity contribution in [2.45, 2.75) is 33.9 Å². The highest BCUT2D eigenvalue weighted by Gasteiger charge is 2.19. The summed E-state index contributed by atoms with van der Waals surface area (Å²) in [6.45, 7) is 6.65. The molecule has 29 heavy (non-hydrogen) atoms. The fraction of sp³-hybridized carbons (Fsp3) is 0.238. The number of hydrogen-bond acceptors (Lipinski definition) is 4. The van der Waals surface area contributed by atoms with Crippen molar-refractivity contribution in [3.63, 3.8) is 0 Å². The van der Waals surface area contributed by atoms with Gasteiger partial charge in [-0.1, -0.05) is 18.2 Å². The monoisotopic (exact) mass is 392 g/mol. The number of nitrogens with zero attached hydrogens (tertiary/aromatic N) is 5. The Balaban J connectivity index is 1.60. The van der Waals surface area contributed by atoms with E-state index in [9.17, 15) is 9.18 Å². The molecule has 1 amide bonds. The van der Waals surface area contributed by atoms with Gasteiger partial charge in [-0.15, -0.1) is 0 Å². The van der Waals surface area contributed by atoms with Gasteiger partial charge in [-0.25, -0.2) is 14.1 Å². The molecule has 0 atom stereocenters. The largest absolute Gasteiger partial charge is 0.305 e. The van der Waals surface area contributed by atoms with Crippen LogP contribution in [0.25, 0.3) is 11.0 Å². The van der Waals surface area contributed by atoms with Crippen molar-refractivity contribution in [3.8, 4) is 0 Å². The lowest BCUT2D eigenvalue weighted by Gasteiger charge is -2.07. The van der Waals surface area contributed by atoms with Crippen LogP contribution < -0.4 is 5.32 Å². The number of aromatic nitrogens is 5. The van der Waals surface area contributed by atoms with Gasteiger partial charge >= 0.3 is 0 Å². The Labute approximate surface area is 167 Å². The summed E-state index contributed by atoms with van der Waals surface area (Å²) in [6, 6.07) is 9.99. The molecule has 1 aromatic carbocycles. The minimum Gasteiger partial charge on any atom is -0.305 e. The molecule has 0 spiro atoms. The summed E-state index contributed by atoms with van der Waals surface area (Å²) in [7, 11) is 0. The normalized spacial score (nSPS) is 11.2. The molecule has 7 nitrogen and oxygen atoms in total. The molecule has 4 aromatic rings. The van der Waals surface area contributed by atoms with Gasteiger partial charge in [-0.05, 0) is 32.9 Å². The Kier molecular flexibility index (Phi) is 4.84. The van der Waals surface area contributed by atoms with Gasteiger partial charge in [0.2, 0.25) is 0 Å². The quantitative estimate of drug-likeness (QED) is 0.562. The Morgan fingerprint density at radius 2 is 1.97 bits per heavy atom. The Hall–Kier alpha value is -3.55. The molecule has 0 aliphatic carbocycles. The third kappa shape index (κ3) is 3.61. The zero-order chi connectivity index (χ0) is 20.5. The number of halogens is 1. The molecule has 0 saturated carbocycles. The number of carbonyl (C=O) groups excluding carboxylic acids is 1. The first-order chi connectivity index (χ1) is 14.0. The molecular weight excluding hydrogens is 371 g/mol. The molecule has 0 saturated heterocycles. The van der Waals surface area contributed by atoms with Crippen molar-refractivity contribution in [2.75, 3.05) is 5.32 Å². The molecule has 3 heterocycles. The summed E-state index contributed by atoms with van der Waals surface area (Å²) in [5.41, 5.74) is 3.23. The molecule has 4 rings (SSSR count). The van der Waals surface area contributed by atoms with E-state index in [1.165, 1.54) is 6.07 Å². The van der Waals surface area contributed by atoms with Crippen LogP contribution in [-0.2, 0) is 13.1 Å². The predicted octanol–water partition coefficient (Wildman–Crippen LogP) is 3.70. The van der Waals surface area contributed by atoms with Gasteiger partial charge in [0, 0.05) is 30.1 Å². The van der Waals surface area contributed by atoms with Gasteiger partial charge in [-0.2, -0.15) is 10.2 Å². The average Bonchev–Trinajstić information content (AvgIpc) is 3.26. The topological polar surface area (TPSA) is 77.6 Å². The Bertz CT molecular complexity index is 1210. The van der Waals surface area contributed by atoms with E-state index in [4.69, 9.17) is 0 Å². The molecule has 0 radical (unpaired) electrons. The van der Waals surface area contributed by atoms with Crippen LogP contribution in [-0.4, -0.2) is 30.5 Å². The van der Waals surface area contributed by atoms with Gasteiger partial charge in [0.1, 0.15) is 5.82 Å². The third-order valence-corrected chi connectivity index (χ3v) is 4.72. The second-order valence-corrected chi connectivity index (χ2v) is 6.86. The minimum atomic E-state index is -0.286. The minimum absolute atomic E-state index is 0.281. The standard InChI is InChI=1S/C21H21FN6O/c1-4-28-20-19(14(3)25-28)16(11-13(2)23-20)21(29)24-18-9-10-27(26-18)12-15-7-5-6-8-17(15)22/h5-11H,4,12H2,1-3H3,(H,24,26,29). The maximum absolute atomic E-state index is 13.8. The number of fused-ring (bicyclic) bond motifs is 1. The van der Waals surface area contributed by atoms with Gasteiger partial charge in [-0.3, -0.25) is 9.48 Å². The number of benzene rings is 1. The van der Waals surface area contributed by atoms with E-state index in [0.717, 1.165) is 16.8 Å². The first-order valence-electron chi connectivity index (χ1n) is 9.39. The van der Waals surface area contributed by atoms with Crippen molar-refractivity contribution in [2.24, 2.45) is 0 Å². The average molecular weight is 392 g/mol. The molecule has 148 valence electrons. The summed E-state index contributed by atoms with van der Waals surface area (Å²) in [5.74, 6) is -0.170. The summed E-state index contributed by atoms with van der Waals surface area (Å²) in [5, 5.41) is 12.4. The lowest BCUT2D eigenvalue weighted by molar-refractivity contribution is 0.102. The number of carbonyl (C=O) groups is 1. The first-order valence-corrected chi connectivity index (χ1v) is 9.39. The molecule has 0 fully saturated rings. The maximum atomic E-state index is 13.8. The smallest absolute Gasteiger partial charge is 0.257 e. The van der Waals surface area contributed by atoms with Gasteiger partial charge in [0.15, 0.2) is 11.5 Å². The van der Waals surface area contributed by atoms with Crippen molar-refractivity contribution in [3.05, 3.63) is 70.9 Å². The molecule has 0 unspecified atom stereocenters. The van der Waals surface area contributed by atoms with Crippen LogP contribution >= 0.6 is 0 Å². The lowest BCUT2D eigenvalue weighted by atomic mass is 10.1. The number of nitrogens with one attached hydrogen (secondary N) is 1. The second-order valence-electron chi connectivity index (χ2n) is 6.86. The first kappa shape index (κ1) is 18.8. The van der Waals surface area contributed by atoms with E-state index in [0.29, 0.717) is 29.1 Å². The molecule has 0 bridgehead atoms. The Morgan fingerprint density at radius 3 is 2.72 bits per heavy atom. The van der Waals surface area contributed by atoms with Crippen LogP contribution in [0.4, 0.5) is 10.2 Å². The highest BCUT2D eigenvalue weighted by atomic mass is 19.1. The van der Waals surface area contributed by atoms with Gasteiger partial charge in [0.25, 0.3) is 5.91 Å². The van der Waals surface area contributed by atoms with E-state index in [2.05, 4.69) is 20.5 Å². The molecule has 1 N–H and O–H groups in total. The fourth-order valence-corrected chi connectivity index (χ4v) is 3.38. The van der Waals surface area contributed by atoms with Crippen molar-refractivity contribution in [1.29, 1.82) is 0 Å². The van der Waals surface area contributed by atoms with E-state index in [1.807, 2.05) is 20.8 Å². The van der Waals surface area contributed by atoms with Crippen LogP contribution in [0.15, 0.2) is 42.6 Å². The number of hydrogen-bond donors (Lipinski definition) is 1. The number of anilines is 1. The van der Waals surface area contributed by atoms with Crippen LogP contribution in [0.5, 0.6) is 0 Å². The summed E-state index contributed by atoms with van der Waals surface area (Å²) in [6.07, 6.45) is 1.70. The maximum Gasteiger partial charge on any atom is 0.257 e. The van der Waals surface area contributed by atoms with E-state index < -0.39 is 0 Å². The van der Waals surface area contributed by atoms with Crippen LogP contribution in [0.1, 0.15) is 34.2 Å². The van der Waals surface area contributed by atoms with Crippen molar-refractivity contribution < 1.29 is 9.18 Å². The van der Waals surface area contributed by atoms with Crippen molar-refractivity contribution >= 4 is 22.8 Å². The molecule has 0 aliphatic rings. The van der Waals surface area contributed by atoms with Crippen LogP contribution in [0, 0.1) is 19.7 Å². The molecule has 3 aromatic heterocycles. The SMILES string of the molecule is CCn1nc(C)c2c(C(=O)Nc3ccn(Cc4ccccc4F)n3)cc(C)nc21. The number of rotatable bonds is 5. The predicted molar refractivity (Wildman–Crippen MR) is 108 cm³/mol. The summed E-state index contributed by atoms with van der Waals surface area (Å²) < 4.78 is 17.2. The highest BCUT2D eigenvalue weighted by molar-refractivity contribution is 6.12. The van der Waals surface area contributed by atoms with E-state index in [1.54, 1.807) is 45.9 Å². The zero-order valence-corrected chi connectivity index (χ0v) is 16.5. The fourth-order valence-electron chi connectivity index (χ4n) is 3.38. The summed E-state index contributed by atoms with van der Waals surface area (Å²) in [4.78, 5) is 17.5. The van der Waals surface area contributed by atoms with E-state index in [-0.39, 0.29) is 18.3 Å². The number of aryl methyl sites for hydroxylation is 3. The van der Waals surface area contributed by atoms with Gasteiger partial charge < -0.3 is 5.32 Å². The van der Waals surface area contributed by atoms with E-state index >= 15 is 0 Å². The third-order valence-electron chi connectivity index (χ3n) is 4.72. The zero-order valence-electron chi connectivity index (χ0n) is 16.5. The van der Waals surface area contributed by atoms with Crippen LogP contribution in [0.2, 0.25) is 0 Å². The molecule has 0 aliphatic heterocycles. The Morgan fingerprint density at radius 1 is 1.17 bits per heavy atom. The molecule has 8 heteroatoms. The van der Waals surface area contributed by atoms with Crippen molar-refractivity contribution in [1.82, 2.24) is 24.5 Å². The lowest BCUT2D eigenvalue weighted by Crippen LogP contribution is -2.14. The summed E-state index contributed by atoms with van der Waals surface area (Å²) >= 11 is 0. The second kappa shape index (κ2) is 7.46. The van der Waals surface area contributed by atoms with Crippen LogP contribution in [0.3, 0.4) is 0 Å².